The average Bonchev–Trinajstić information content (AvgIpc) is 2.77. The van der Waals surface area contributed by atoms with Crippen molar-refractivity contribution in [3.8, 4) is 0 Å². The molecule has 0 aliphatic carbocycles. The Morgan fingerprint density at radius 2 is 1.69 bits per heavy atom. The number of likely N-dealkylation sites (N-methyl/N-ethyl adjacent to an activating group) is 1. The molecule has 7 nitrogen and oxygen atoms in total. The molecule has 0 fully saturated rings. The molecule has 0 bridgehead atoms. The minimum atomic E-state index is -0.991. The zero-order valence-electron chi connectivity index (χ0n) is 21.0. The number of anilines is 1. The lowest BCUT2D eigenvalue weighted by Crippen LogP contribution is -2.53. The molecule has 0 heterocycles. The predicted octanol–water partition coefficient (Wildman–Crippen LogP) is 5.31. The van der Waals surface area contributed by atoms with E-state index in [4.69, 9.17) is 16.3 Å². The summed E-state index contributed by atoms with van der Waals surface area (Å²) in [6, 6.07) is 10.7. The maximum atomic E-state index is 13.7. The summed E-state index contributed by atoms with van der Waals surface area (Å²) in [4.78, 5) is 41.1. The summed E-state index contributed by atoms with van der Waals surface area (Å²) in [5.74, 6) is -0.839. The zero-order valence-corrected chi connectivity index (χ0v) is 22.7. The van der Waals surface area contributed by atoms with Crippen LogP contribution in [-0.4, -0.2) is 46.7 Å². The molecule has 0 aromatic heterocycles. The number of aryl methyl sites for hydroxylation is 2. The summed E-state index contributed by atoms with van der Waals surface area (Å²) < 4.78 is 5.30. The Morgan fingerprint density at radius 1 is 1.06 bits per heavy atom. The number of amides is 3. The number of carbonyl (C=O) groups excluding carboxylic acids is 3. The van der Waals surface area contributed by atoms with Crippen LogP contribution in [0.5, 0.6) is 0 Å². The van der Waals surface area contributed by atoms with Crippen LogP contribution in [-0.2, 0) is 14.3 Å². The topological polar surface area (TPSA) is 87.7 Å². The minimum absolute atomic E-state index is 0.0281. The summed E-state index contributed by atoms with van der Waals surface area (Å²) in [5, 5.41) is 5.89. The Balaban J connectivity index is 2.45. The zero-order chi connectivity index (χ0) is 26.3. The number of hydrogen-bond donors (Lipinski definition) is 3. The van der Waals surface area contributed by atoms with Crippen molar-refractivity contribution < 1.29 is 19.1 Å². The second-order valence-electron chi connectivity index (χ2n) is 9.19. The van der Waals surface area contributed by atoms with Gasteiger partial charge in [0.1, 0.15) is 17.7 Å². The maximum Gasteiger partial charge on any atom is 0.408 e. The van der Waals surface area contributed by atoms with Gasteiger partial charge in [-0.25, -0.2) is 4.79 Å². The van der Waals surface area contributed by atoms with Crippen molar-refractivity contribution in [2.75, 3.05) is 17.6 Å². The Hall–Kier alpha value is -2.71. The summed E-state index contributed by atoms with van der Waals surface area (Å²) in [7, 11) is 0. The molecule has 2 N–H and O–H groups in total. The Kier molecular flexibility index (Phi) is 10.0. The first-order chi connectivity index (χ1) is 16.4. The van der Waals surface area contributed by atoms with Gasteiger partial charge in [0, 0.05) is 12.3 Å². The number of para-hydroxylation sites is 1. The number of thiol groups is 1. The summed E-state index contributed by atoms with van der Waals surface area (Å²) >= 11 is 10.6. The predicted molar refractivity (Wildman–Crippen MR) is 143 cm³/mol. The second-order valence-corrected chi connectivity index (χ2v) is 9.96. The van der Waals surface area contributed by atoms with E-state index in [1.54, 1.807) is 39.8 Å². The maximum absolute atomic E-state index is 13.7. The van der Waals surface area contributed by atoms with Crippen molar-refractivity contribution in [1.82, 2.24) is 10.2 Å². The van der Waals surface area contributed by atoms with E-state index >= 15 is 0 Å². The van der Waals surface area contributed by atoms with E-state index in [1.165, 1.54) is 4.90 Å². The molecule has 35 heavy (non-hydrogen) atoms. The van der Waals surface area contributed by atoms with Gasteiger partial charge in [-0.15, -0.1) is 0 Å². The van der Waals surface area contributed by atoms with Crippen molar-refractivity contribution >= 4 is 47.8 Å². The summed E-state index contributed by atoms with van der Waals surface area (Å²) in [6.45, 7) is 10.9. The van der Waals surface area contributed by atoms with Crippen molar-refractivity contribution in [3.05, 3.63) is 64.2 Å². The standard InChI is InChI=1S/C26H34ClN3O4S/c1-7-30(24(32)20(15-35)28-25(33)34-26(4,5)6)22(18-13-9-8-11-16(18)2)23(31)29-21-17(3)12-10-14-19(21)27/h8-14,20,22,35H,7,15H2,1-6H3,(H,28,33)(H,29,31). The molecule has 0 saturated carbocycles. The SMILES string of the molecule is CCN(C(=O)C(CS)NC(=O)OC(C)(C)C)C(C(=O)Nc1c(C)cccc1Cl)c1ccccc1C. The molecule has 2 aromatic carbocycles. The van der Waals surface area contributed by atoms with Gasteiger partial charge in [0.15, 0.2) is 0 Å². The fraction of sp³-hybridized carbons (Fsp3) is 0.423. The first kappa shape index (κ1) is 28.5. The second kappa shape index (κ2) is 12.3. The van der Waals surface area contributed by atoms with Crippen LogP contribution in [0.3, 0.4) is 0 Å². The van der Waals surface area contributed by atoms with Crippen LogP contribution in [0.2, 0.25) is 5.02 Å². The third kappa shape index (κ3) is 7.64. The third-order valence-electron chi connectivity index (χ3n) is 5.31. The van der Waals surface area contributed by atoms with Crippen LogP contribution < -0.4 is 10.6 Å². The smallest absolute Gasteiger partial charge is 0.408 e. The van der Waals surface area contributed by atoms with Crippen LogP contribution in [0, 0.1) is 13.8 Å². The third-order valence-corrected chi connectivity index (χ3v) is 5.99. The monoisotopic (exact) mass is 519 g/mol. The first-order valence-corrected chi connectivity index (χ1v) is 12.4. The molecule has 190 valence electrons. The highest BCUT2D eigenvalue weighted by Crippen LogP contribution is 2.30. The molecule has 0 spiro atoms. The molecule has 9 heteroatoms. The van der Waals surface area contributed by atoms with E-state index in [0.29, 0.717) is 16.3 Å². The fourth-order valence-corrected chi connectivity index (χ4v) is 4.14. The molecule has 2 atom stereocenters. The molecule has 3 amide bonds. The van der Waals surface area contributed by atoms with E-state index in [0.717, 1.165) is 11.1 Å². The number of carbonyl (C=O) groups is 3. The van der Waals surface area contributed by atoms with Crippen LogP contribution >= 0.6 is 24.2 Å². The number of hydrogen-bond acceptors (Lipinski definition) is 5. The molecule has 2 unspecified atom stereocenters. The van der Waals surface area contributed by atoms with Crippen molar-refractivity contribution in [3.63, 3.8) is 0 Å². The number of rotatable bonds is 8. The molecule has 0 radical (unpaired) electrons. The van der Waals surface area contributed by atoms with Gasteiger partial charge >= 0.3 is 6.09 Å². The number of alkyl carbamates (subject to hydrolysis) is 1. The van der Waals surface area contributed by atoms with Gasteiger partial charge in [0.2, 0.25) is 5.91 Å². The summed E-state index contributed by atoms with van der Waals surface area (Å²) in [6.07, 6.45) is -0.732. The van der Waals surface area contributed by atoms with E-state index in [2.05, 4.69) is 23.3 Å². The Morgan fingerprint density at radius 3 is 2.23 bits per heavy atom. The van der Waals surface area contributed by atoms with E-state index in [9.17, 15) is 14.4 Å². The van der Waals surface area contributed by atoms with Crippen LogP contribution in [0.1, 0.15) is 50.4 Å². The Labute approximate surface area is 218 Å². The van der Waals surface area contributed by atoms with Gasteiger partial charge < -0.3 is 20.3 Å². The average molecular weight is 520 g/mol. The van der Waals surface area contributed by atoms with Gasteiger partial charge in [-0.1, -0.05) is 48.0 Å². The van der Waals surface area contributed by atoms with Gasteiger partial charge in [-0.2, -0.15) is 12.6 Å². The first-order valence-electron chi connectivity index (χ1n) is 11.4. The van der Waals surface area contributed by atoms with Crippen molar-refractivity contribution in [2.45, 2.75) is 59.2 Å². The molecule has 0 saturated heterocycles. The number of nitrogens with zero attached hydrogens (tertiary/aromatic N) is 1. The van der Waals surface area contributed by atoms with E-state index in [-0.39, 0.29) is 12.3 Å². The van der Waals surface area contributed by atoms with Crippen molar-refractivity contribution in [1.29, 1.82) is 0 Å². The van der Waals surface area contributed by atoms with Crippen molar-refractivity contribution in [2.24, 2.45) is 0 Å². The minimum Gasteiger partial charge on any atom is -0.444 e. The number of benzene rings is 2. The number of ether oxygens (including phenoxy) is 1. The summed E-state index contributed by atoms with van der Waals surface area (Å²) in [5.41, 5.74) is 2.06. The lowest BCUT2D eigenvalue weighted by Gasteiger charge is -2.34. The van der Waals surface area contributed by atoms with Gasteiger partial charge in [-0.3, -0.25) is 9.59 Å². The largest absolute Gasteiger partial charge is 0.444 e. The quantitative estimate of drug-likeness (QED) is 0.412. The van der Waals surface area contributed by atoms with Gasteiger partial charge in [0.05, 0.1) is 10.7 Å². The molecule has 0 aliphatic rings. The highest BCUT2D eigenvalue weighted by Gasteiger charge is 2.36. The normalized spacial score (nSPS) is 12.9. The lowest BCUT2D eigenvalue weighted by molar-refractivity contribution is -0.140. The van der Waals surface area contributed by atoms with Crippen LogP contribution in [0.15, 0.2) is 42.5 Å². The molecular weight excluding hydrogens is 486 g/mol. The van der Waals surface area contributed by atoms with E-state index in [1.807, 2.05) is 44.2 Å². The number of nitrogens with one attached hydrogen (secondary N) is 2. The fourth-order valence-electron chi connectivity index (χ4n) is 3.63. The molecule has 2 rings (SSSR count). The van der Waals surface area contributed by atoms with Gasteiger partial charge in [0.25, 0.3) is 5.91 Å². The highest BCUT2D eigenvalue weighted by molar-refractivity contribution is 7.80. The van der Waals surface area contributed by atoms with Gasteiger partial charge in [-0.05, 0) is 64.3 Å². The molecular formula is C26H34ClN3O4S. The van der Waals surface area contributed by atoms with Crippen LogP contribution in [0.25, 0.3) is 0 Å². The molecule has 2 aromatic rings. The number of halogens is 1. The van der Waals surface area contributed by atoms with Crippen LogP contribution in [0.4, 0.5) is 10.5 Å². The Bertz CT molecular complexity index is 1050. The van der Waals surface area contributed by atoms with E-state index < -0.39 is 35.6 Å². The highest BCUT2D eigenvalue weighted by atomic mass is 35.5. The molecule has 0 aliphatic heterocycles. The lowest BCUT2D eigenvalue weighted by atomic mass is 9.98.